The lowest BCUT2D eigenvalue weighted by Crippen LogP contribution is -2.33. The minimum atomic E-state index is -0.883. The Morgan fingerprint density at radius 3 is 2.67 bits per heavy atom. The number of carbonyl (C=O) groups is 2. The summed E-state index contributed by atoms with van der Waals surface area (Å²) in [5.74, 6) is -0.907. The first-order valence-electron chi connectivity index (χ1n) is 6.03. The predicted molar refractivity (Wildman–Crippen MR) is 67.1 cm³/mol. The Labute approximate surface area is 106 Å². The quantitative estimate of drug-likeness (QED) is 0.792. The van der Waals surface area contributed by atoms with Gasteiger partial charge in [-0.3, -0.25) is 14.6 Å². The molecule has 5 heteroatoms. The van der Waals surface area contributed by atoms with Crippen molar-refractivity contribution in [2.75, 3.05) is 13.1 Å². The third kappa shape index (κ3) is 4.95. The van der Waals surface area contributed by atoms with E-state index in [1.807, 2.05) is 25.1 Å². The highest BCUT2D eigenvalue weighted by atomic mass is 16.4. The minimum Gasteiger partial charge on any atom is -0.481 e. The maximum atomic E-state index is 11.9. The van der Waals surface area contributed by atoms with E-state index in [-0.39, 0.29) is 18.9 Å². The molecule has 0 aromatic carbocycles. The zero-order valence-electron chi connectivity index (χ0n) is 10.5. The molecule has 0 aliphatic rings. The summed E-state index contributed by atoms with van der Waals surface area (Å²) in [4.78, 5) is 28.1. The van der Waals surface area contributed by atoms with Crippen LogP contribution < -0.4 is 0 Å². The van der Waals surface area contributed by atoms with Crippen molar-refractivity contribution in [2.45, 2.75) is 26.2 Å². The predicted octanol–water partition coefficient (Wildman–Crippen LogP) is 1.34. The first kappa shape index (κ1) is 14.2. The van der Waals surface area contributed by atoms with Gasteiger partial charge >= 0.3 is 5.97 Å². The number of amides is 1. The van der Waals surface area contributed by atoms with Gasteiger partial charge in [-0.15, -0.1) is 0 Å². The molecular weight excluding hydrogens is 232 g/mol. The SMILES string of the molecule is CCN(CCC(=O)O)C(=O)CCc1ccccn1. The molecule has 0 saturated carbocycles. The Morgan fingerprint density at radius 1 is 1.33 bits per heavy atom. The van der Waals surface area contributed by atoms with Gasteiger partial charge in [-0.2, -0.15) is 0 Å². The zero-order valence-corrected chi connectivity index (χ0v) is 10.5. The molecule has 0 radical (unpaired) electrons. The number of nitrogens with zero attached hydrogens (tertiary/aromatic N) is 2. The molecule has 0 aliphatic heterocycles. The van der Waals surface area contributed by atoms with Crippen molar-refractivity contribution in [3.8, 4) is 0 Å². The molecular formula is C13H18N2O3. The Bertz CT molecular complexity index is 392. The number of rotatable bonds is 7. The second-order valence-corrected chi connectivity index (χ2v) is 3.94. The van der Waals surface area contributed by atoms with Gasteiger partial charge in [0, 0.05) is 31.4 Å². The second-order valence-electron chi connectivity index (χ2n) is 3.94. The van der Waals surface area contributed by atoms with Gasteiger partial charge in [0.1, 0.15) is 0 Å². The molecule has 5 nitrogen and oxygen atoms in total. The maximum Gasteiger partial charge on any atom is 0.305 e. The van der Waals surface area contributed by atoms with Gasteiger partial charge in [-0.1, -0.05) is 6.07 Å². The third-order valence-corrected chi connectivity index (χ3v) is 2.65. The van der Waals surface area contributed by atoms with E-state index in [0.717, 1.165) is 5.69 Å². The maximum absolute atomic E-state index is 11.9. The average Bonchev–Trinajstić information content (AvgIpc) is 2.38. The van der Waals surface area contributed by atoms with E-state index in [0.29, 0.717) is 19.4 Å². The first-order valence-corrected chi connectivity index (χ1v) is 6.03. The first-order chi connectivity index (χ1) is 8.63. The van der Waals surface area contributed by atoms with Crippen molar-refractivity contribution in [3.63, 3.8) is 0 Å². The summed E-state index contributed by atoms with van der Waals surface area (Å²) in [6, 6.07) is 5.59. The van der Waals surface area contributed by atoms with Crippen molar-refractivity contribution < 1.29 is 14.7 Å². The number of aryl methyl sites for hydroxylation is 1. The number of carbonyl (C=O) groups excluding carboxylic acids is 1. The van der Waals surface area contributed by atoms with Crippen LogP contribution in [0.3, 0.4) is 0 Å². The minimum absolute atomic E-state index is 0.0107. The molecule has 0 aliphatic carbocycles. The zero-order chi connectivity index (χ0) is 13.4. The van der Waals surface area contributed by atoms with E-state index < -0.39 is 5.97 Å². The van der Waals surface area contributed by atoms with Crippen LogP contribution >= 0.6 is 0 Å². The molecule has 1 heterocycles. The van der Waals surface area contributed by atoms with Crippen LogP contribution in [0.4, 0.5) is 0 Å². The van der Waals surface area contributed by atoms with E-state index in [4.69, 9.17) is 5.11 Å². The Hall–Kier alpha value is -1.91. The lowest BCUT2D eigenvalue weighted by atomic mass is 10.2. The number of carboxylic acids is 1. The highest BCUT2D eigenvalue weighted by Crippen LogP contribution is 2.03. The lowest BCUT2D eigenvalue weighted by Gasteiger charge is -2.19. The van der Waals surface area contributed by atoms with Crippen molar-refractivity contribution in [1.82, 2.24) is 9.88 Å². The number of pyridine rings is 1. The van der Waals surface area contributed by atoms with Gasteiger partial charge in [0.15, 0.2) is 0 Å². The molecule has 0 saturated heterocycles. The summed E-state index contributed by atoms with van der Waals surface area (Å²) in [5.41, 5.74) is 0.875. The summed E-state index contributed by atoms with van der Waals surface area (Å²) in [7, 11) is 0. The molecule has 18 heavy (non-hydrogen) atoms. The molecule has 0 atom stereocenters. The Kier molecular flexibility index (Phi) is 5.84. The summed E-state index contributed by atoms with van der Waals surface area (Å²) in [6.45, 7) is 2.65. The molecule has 1 rings (SSSR count). The molecule has 0 unspecified atom stereocenters. The second kappa shape index (κ2) is 7.42. The largest absolute Gasteiger partial charge is 0.481 e. The van der Waals surface area contributed by atoms with E-state index >= 15 is 0 Å². The Morgan fingerprint density at radius 2 is 2.11 bits per heavy atom. The van der Waals surface area contributed by atoms with Crippen LogP contribution in [0.2, 0.25) is 0 Å². The molecule has 0 spiro atoms. The fraction of sp³-hybridized carbons (Fsp3) is 0.462. The van der Waals surface area contributed by atoms with Crippen LogP contribution in [0.5, 0.6) is 0 Å². The van der Waals surface area contributed by atoms with E-state index in [1.54, 1.807) is 11.1 Å². The highest BCUT2D eigenvalue weighted by Gasteiger charge is 2.12. The van der Waals surface area contributed by atoms with E-state index in [1.165, 1.54) is 0 Å². The van der Waals surface area contributed by atoms with Gasteiger partial charge in [-0.05, 0) is 25.5 Å². The number of aromatic nitrogens is 1. The van der Waals surface area contributed by atoms with Crippen LogP contribution in [0.25, 0.3) is 0 Å². The molecule has 0 fully saturated rings. The fourth-order valence-electron chi connectivity index (χ4n) is 1.63. The lowest BCUT2D eigenvalue weighted by molar-refractivity contribution is -0.138. The third-order valence-electron chi connectivity index (χ3n) is 2.65. The molecule has 1 amide bonds. The molecule has 98 valence electrons. The summed E-state index contributed by atoms with van der Waals surface area (Å²) >= 11 is 0. The number of hydrogen-bond donors (Lipinski definition) is 1. The molecule has 1 N–H and O–H groups in total. The summed E-state index contributed by atoms with van der Waals surface area (Å²) in [5, 5.41) is 8.60. The molecule has 1 aromatic heterocycles. The van der Waals surface area contributed by atoms with Crippen molar-refractivity contribution in [3.05, 3.63) is 30.1 Å². The van der Waals surface area contributed by atoms with Crippen molar-refractivity contribution in [1.29, 1.82) is 0 Å². The smallest absolute Gasteiger partial charge is 0.305 e. The van der Waals surface area contributed by atoms with Crippen LogP contribution in [0.15, 0.2) is 24.4 Å². The number of hydrogen-bond acceptors (Lipinski definition) is 3. The van der Waals surface area contributed by atoms with Crippen LogP contribution in [0.1, 0.15) is 25.5 Å². The van der Waals surface area contributed by atoms with Crippen molar-refractivity contribution in [2.24, 2.45) is 0 Å². The standard InChI is InChI=1S/C13H18N2O3/c1-2-15(10-8-13(17)18)12(16)7-6-11-5-3-4-9-14-11/h3-5,9H,2,6-8,10H2,1H3,(H,17,18). The number of carboxylic acid groups (broad SMARTS) is 1. The van der Waals surface area contributed by atoms with E-state index in [9.17, 15) is 9.59 Å². The van der Waals surface area contributed by atoms with Gasteiger partial charge in [0.2, 0.25) is 5.91 Å². The van der Waals surface area contributed by atoms with Gasteiger partial charge in [0.25, 0.3) is 0 Å². The highest BCUT2D eigenvalue weighted by molar-refractivity contribution is 5.77. The normalized spacial score (nSPS) is 10.1. The number of aliphatic carboxylic acids is 1. The van der Waals surface area contributed by atoms with Gasteiger partial charge in [-0.25, -0.2) is 0 Å². The topological polar surface area (TPSA) is 70.5 Å². The van der Waals surface area contributed by atoms with Gasteiger partial charge < -0.3 is 10.0 Å². The Balaban J connectivity index is 2.40. The van der Waals surface area contributed by atoms with Crippen LogP contribution in [-0.2, 0) is 16.0 Å². The average molecular weight is 250 g/mol. The molecule has 1 aromatic rings. The summed E-state index contributed by atoms with van der Waals surface area (Å²) < 4.78 is 0. The molecule has 0 bridgehead atoms. The van der Waals surface area contributed by atoms with E-state index in [2.05, 4.69) is 4.98 Å². The monoisotopic (exact) mass is 250 g/mol. The fourth-order valence-corrected chi connectivity index (χ4v) is 1.63. The summed E-state index contributed by atoms with van der Waals surface area (Å²) in [6.07, 6.45) is 2.64. The van der Waals surface area contributed by atoms with Crippen molar-refractivity contribution >= 4 is 11.9 Å². The van der Waals surface area contributed by atoms with Crippen LogP contribution in [0, 0.1) is 0 Å². The van der Waals surface area contributed by atoms with Gasteiger partial charge in [0.05, 0.1) is 6.42 Å². The van der Waals surface area contributed by atoms with Crippen LogP contribution in [-0.4, -0.2) is 40.0 Å².